The van der Waals surface area contributed by atoms with E-state index < -0.39 is 0 Å². The van der Waals surface area contributed by atoms with Crippen molar-refractivity contribution in [3.63, 3.8) is 0 Å². The highest BCUT2D eigenvalue weighted by Gasteiger charge is 2.30. The van der Waals surface area contributed by atoms with E-state index in [1.165, 1.54) is 0 Å². The standard InChI is InChI=1S/C15H30N2O2/c1-5-8-14(15(18)19-7-3)16(4)13-9-11-17(6-2)12-10-13/h13-14H,5-12H2,1-4H3. The number of piperidine rings is 1. The molecular formula is C15H30N2O2. The maximum Gasteiger partial charge on any atom is 0.323 e. The molecule has 0 aromatic heterocycles. The van der Waals surface area contributed by atoms with Crippen LogP contribution in [0, 0.1) is 0 Å². The first kappa shape index (κ1) is 16.4. The van der Waals surface area contributed by atoms with Crippen LogP contribution in [0.3, 0.4) is 0 Å². The van der Waals surface area contributed by atoms with Crippen molar-refractivity contribution in [3.05, 3.63) is 0 Å². The molecule has 1 unspecified atom stereocenters. The summed E-state index contributed by atoms with van der Waals surface area (Å²) in [7, 11) is 2.09. The Balaban J connectivity index is 2.56. The van der Waals surface area contributed by atoms with Crippen LogP contribution in [0.25, 0.3) is 0 Å². The average Bonchev–Trinajstić information content (AvgIpc) is 2.44. The fourth-order valence-corrected chi connectivity index (χ4v) is 2.90. The second-order valence-corrected chi connectivity index (χ2v) is 5.39. The van der Waals surface area contributed by atoms with Gasteiger partial charge in [-0.3, -0.25) is 9.69 Å². The normalized spacial score (nSPS) is 19.6. The van der Waals surface area contributed by atoms with E-state index in [1.807, 2.05) is 6.92 Å². The maximum absolute atomic E-state index is 12.1. The van der Waals surface area contributed by atoms with Crippen LogP contribution >= 0.6 is 0 Å². The summed E-state index contributed by atoms with van der Waals surface area (Å²) in [5.41, 5.74) is 0. The molecule has 1 fully saturated rings. The van der Waals surface area contributed by atoms with Crippen molar-refractivity contribution < 1.29 is 9.53 Å². The lowest BCUT2D eigenvalue weighted by Crippen LogP contribution is -2.50. The molecule has 1 saturated heterocycles. The van der Waals surface area contributed by atoms with E-state index in [9.17, 15) is 4.79 Å². The molecule has 1 aliphatic heterocycles. The summed E-state index contributed by atoms with van der Waals surface area (Å²) < 4.78 is 5.22. The fourth-order valence-electron chi connectivity index (χ4n) is 2.90. The van der Waals surface area contributed by atoms with Gasteiger partial charge in [0.15, 0.2) is 0 Å². The number of ether oxygens (including phenoxy) is 1. The molecule has 0 saturated carbocycles. The van der Waals surface area contributed by atoms with Gasteiger partial charge >= 0.3 is 5.97 Å². The molecule has 0 spiro atoms. The van der Waals surface area contributed by atoms with Crippen molar-refractivity contribution in [3.8, 4) is 0 Å². The molecule has 112 valence electrons. The van der Waals surface area contributed by atoms with Gasteiger partial charge in [-0.2, -0.15) is 0 Å². The summed E-state index contributed by atoms with van der Waals surface area (Å²) in [5.74, 6) is -0.0511. The van der Waals surface area contributed by atoms with E-state index in [0.29, 0.717) is 12.6 Å². The zero-order chi connectivity index (χ0) is 14.3. The highest BCUT2D eigenvalue weighted by atomic mass is 16.5. The second-order valence-electron chi connectivity index (χ2n) is 5.39. The second kappa shape index (κ2) is 8.54. The Kier molecular flexibility index (Phi) is 7.39. The Hall–Kier alpha value is -0.610. The molecule has 0 amide bonds. The Morgan fingerprint density at radius 3 is 2.42 bits per heavy atom. The van der Waals surface area contributed by atoms with Gasteiger partial charge in [-0.25, -0.2) is 0 Å². The van der Waals surface area contributed by atoms with E-state index in [2.05, 4.69) is 30.7 Å². The molecule has 0 N–H and O–H groups in total. The highest BCUT2D eigenvalue weighted by molar-refractivity contribution is 5.75. The topological polar surface area (TPSA) is 32.8 Å². The minimum Gasteiger partial charge on any atom is -0.465 e. The Morgan fingerprint density at radius 2 is 1.95 bits per heavy atom. The van der Waals surface area contributed by atoms with Gasteiger partial charge in [0.25, 0.3) is 0 Å². The molecule has 1 atom stereocenters. The number of likely N-dealkylation sites (tertiary alicyclic amines) is 1. The molecule has 1 rings (SSSR count). The Labute approximate surface area is 118 Å². The molecule has 0 bridgehead atoms. The molecule has 0 aliphatic carbocycles. The molecule has 0 aromatic rings. The van der Waals surface area contributed by atoms with Gasteiger partial charge in [0.2, 0.25) is 0 Å². The van der Waals surface area contributed by atoms with Crippen LogP contribution in [0.4, 0.5) is 0 Å². The molecule has 19 heavy (non-hydrogen) atoms. The highest BCUT2D eigenvalue weighted by Crippen LogP contribution is 2.20. The summed E-state index contributed by atoms with van der Waals surface area (Å²) in [4.78, 5) is 16.8. The quantitative estimate of drug-likeness (QED) is 0.664. The minimum absolute atomic E-state index is 0.0511. The predicted molar refractivity (Wildman–Crippen MR) is 78.2 cm³/mol. The number of rotatable bonds is 7. The summed E-state index contributed by atoms with van der Waals surface area (Å²) in [6.07, 6.45) is 4.22. The van der Waals surface area contributed by atoms with E-state index in [4.69, 9.17) is 4.74 Å². The average molecular weight is 270 g/mol. The first-order valence-electron chi connectivity index (χ1n) is 7.74. The summed E-state index contributed by atoms with van der Waals surface area (Å²) in [6.45, 7) is 10.1. The lowest BCUT2D eigenvalue weighted by Gasteiger charge is -2.39. The number of hydrogen-bond acceptors (Lipinski definition) is 4. The van der Waals surface area contributed by atoms with Gasteiger partial charge in [0.1, 0.15) is 6.04 Å². The number of carbonyl (C=O) groups is 1. The molecule has 1 heterocycles. The van der Waals surface area contributed by atoms with Crippen molar-refractivity contribution in [2.45, 2.75) is 58.5 Å². The van der Waals surface area contributed by atoms with Crippen LogP contribution in [0.2, 0.25) is 0 Å². The molecule has 0 aromatic carbocycles. The number of hydrogen-bond donors (Lipinski definition) is 0. The van der Waals surface area contributed by atoms with Crippen LogP contribution in [0.15, 0.2) is 0 Å². The minimum atomic E-state index is -0.0665. The van der Waals surface area contributed by atoms with Crippen LogP contribution in [-0.4, -0.2) is 61.1 Å². The third kappa shape index (κ3) is 4.77. The van der Waals surface area contributed by atoms with Crippen molar-refractivity contribution in [2.24, 2.45) is 0 Å². The molecule has 4 heteroatoms. The van der Waals surface area contributed by atoms with Gasteiger partial charge in [0.05, 0.1) is 6.61 Å². The van der Waals surface area contributed by atoms with Gasteiger partial charge < -0.3 is 9.64 Å². The number of esters is 1. The lowest BCUT2D eigenvalue weighted by atomic mass is 10.00. The van der Waals surface area contributed by atoms with Crippen LogP contribution in [0.1, 0.15) is 46.5 Å². The van der Waals surface area contributed by atoms with Gasteiger partial charge in [-0.1, -0.05) is 20.3 Å². The van der Waals surface area contributed by atoms with Crippen LogP contribution in [-0.2, 0) is 9.53 Å². The van der Waals surface area contributed by atoms with Crippen molar-refractivity contribution >= 4 is 5.97 Å². The first-order chi connectivity index (χ1) is 9.13. The predicted octanol–water partition coefficient (Wildman–Crippen LogP) is 2.13. The Morgan fingerprint density at radius 1 is 1.32 bits per heavy atom. The first-order valence-corrected chi connectivity index (χ1v) is 7.74. The van der Waals surface area contributed by atoms with E-state index >= 15 is 0 Å². The van der Waals surface area contributed by atoms with Crippen molar-refractivity contribution in [1.82, 2.24) is 9.80 Å². The zero-order valence-corrected chi connectivity index (χ0v) is 13.0. The van der Waals surface area contributed by atoms with E-state index in [-0.39, 0.29) is 12.0 Å². The fraction of sp³-hybridized carbons (Fsp3) is 0.933. The van der Waals surface area contributed by atoms with E-state index in [0.717, 1.165) is 45.3 Å². The smallest absolute Gasteiger partial charge is 0.323 e. The van der Waals surface area contributed by atoms with Gasteiger partial charge in [-0.05, 0) is 52.9 Å². The van der Waals surface area contributed by atoms with Crippen molar-refractivity contribution in [2.75, 3.05) is 33.3 Å². The summed E-state index contributed by atoms with van der Waals surface area (Å²) in [5, 5.41) is 0. The molecule has 1 aliphatic rings. The van der Waals surface area contributed by atoms with E-state index in [1.54, 1.807) is 0 Å². The third-order valence-electron chi connectivity index (χ3n) is 4.19. The number of likely N-dealkylation sites (N-methyl/N-ethyl adjacent to an activating group) is 1. The maximum atomic E-state index is 12.1. The lowest BCUT2D eigenvalue weighted by molar-refractivity contribution is -0.150. The van der Waals surface area contributed by atoms with Crippen LogP contribution in [0.5, 0.6) is 0 Å². The number of carbonyl (C=O) groups excluding carboxylic acids is 1. The molecule has 4 nitrogen and oxygen atoms in total. The van der Waals surface area contributed by atoms with Crippen molar-refractivity contribution in [1.29, 1.82) is 0 Å². The van der Waals surface area contributed by atoms with Gasteiger partial charge in [-0.15, -0.1) is 0 Å². The summed E-state index contributed by atoms with van der Waals surface area (Å²) >= 11 is 0. The zero-order valence-electron chi connectivity index (χ0n) is 13.0. The summed E-state index contributed by atoms with van der Waals surface area (Å²) in [6, 6.07) is 0.451. The SMILES string of the molecule is CCCC(C(=O)OCC)N(C)C1CCN(CC)CC1. The monoisotopic (exact) mass is 270 g/mol. The third-order valence-corrected chi connectivity index (χ3v) is 4.19. The molecular weight excluding hydrogens is 240 g/mol. The van der Waals surface area contributed by atoms with Gasteiger partial charge in [0, 0.05) is 6.04 Å². The number of nitrogens with zero attached hydrogens (tertiary/aromatic N) is 2. The molecule has 0 radical (unpaired) electrons. The Bertz CT molecular complexity index is 263. The van der Waals surface area contributed by atoms with Crippen LogP contribution < -0.4 is 0 Å². The largest absolute Gasteiger partial charge is 0.465 e.